The van der Waals surface area contributed by atoms with Crippen molar-refractivity contribution in [2.24, 2.45) is 0 Å². The van der Waals surface area contributed by atoms with Gasteiger partial charge in [-0.25, -0.2) is 0 Å². The molecule has 13 nitrogen and oxygen atoms in total. The summed E-state index contributed by atoms with van der Waals surface area (Å²) in [4.78, 5) is -1.86. The van der Waals surface area contributed by atoms with E-state index in [0.29, 0.717) is 23.4 Å². The van der Waals surface area contributed by atoms with Crippen LogP contribution in [0.2, 0.25) is 0 Å². The Balaban J connectivity index is 1.98. The lowest BCUT2D eigenvalue weighted by Gasteiger charge is -2.29. The van der Waals surface area contributed by atoms with Gasteiger partial charge in [-0.2, -0.15) is 33.7 Å². The number of nitrogens with zero attached hydrogens (tertiary/aromatic N) is 1. The third-order valence-electron chi connectivity index (χ3n) is 7.03. The van der Waals surface area contributed by atoms with Crippen LogP contribution in [0.3, 0.4) is 0 Å². The number of hydrogen-bond donors (Lipinski definition) is 4. The molecule has 0 heterocycles. The number of hydrogen-bond acceptors (Lipinski definition) is 9. The van der Waals surface area contributed by atoms with E-state index in [1.807, 2.05) is 37.3 Å². The first-order chi connectivity index (χ1) is 20.7. The van der Waals surface area contributed by atoms with Gasteiger partial charge in [-0.3, -0.25) is 18.2 Å². The minimum Gasteiger partial charge on any atom is -0.363 e. The van der Waals surface area contributed by atoms with Crippen molar-refractivity contribution in [3.8, 4) is 11.1 Å². The molecule has 0 amide bonds. The highest BCUT2D eigenvalue weighted by atomic mass is 32.2. The Bertz CT molecular complexity index is 2130. The smallest absolute Gasteiger partial charge is 0.294 e. The van der Waals surface area contributed by atoms with Crippen LogP contribution in [0.25, 0.3) is 11.1 Å². The first-order valence-corrected chi connectivity index (χ1v) is 18.5. The summed E-state index contributed by atoms with van der Waals surface area (Å²) in [5.74, 6) is 0. The molecule has 0 radical (unpaired) electrons. The first kappa shape index (κ1) is 34.2. The molecule has 0 spiro atoms. The number of aryl methyl sites for hydroxylation is 1. The van der Waals surface area contributed by atoms with Gasteiger partial charge < -0.3 is 4.90 Å². The SMILES string of the molecule is Cc1ccccc1-c1cccc(N(Cc2ccc(S(=O)(=O)O)cc2S(=O)(=O)O)Cc2ccc(S(=O)(=O)O)cc2S(=O)(=O)O)c1C. The van der Waals surface area contributed by atoms with Crippen LogP contribution in [-0.4, -0.2) is 51.9 Å². The van der Waals surface area contributed by atoms with Gasteiger partial charge in [-0.15, -0.1) is 0 Å². The fourth-order valence-electron chi connectivity index (χ4n) is 4.90. The van der Waals surface area contributed by atoms with Gasteiger partial charge in [0.25, 0.3) is 40.5 Å². The molecule has 4 rings (SSSR count). The van der Waals surface area contributed by atoms with E-state index in [9.17, 15) is 51.9 Å². The van der Waals surface area contributed by atoms with E-state index in [0.717, 1.165) is 41.0 Å². The molecule has 45 heavy (non-hydrogen) atoms. The second-order valence-electron chi connectivity index (χ2n) is 10.1. The highest BCUT2D eigenvalue weighted by Gasteiger charge is 2.26. The summed E-state index contributed by atoms with van der Waals surface area (Å²) >= 11 is 0. The van der Waals surface area contributed by atoms with E-state index in [1.165, 1.54) is 4.90 Å². The minimum atomic E-state index is -5.07. The van der Waals surface area contributed by atoms with E-state index >= 15 is 0 Å². The molecule has 4 N–H and O–H groups in total. The molecule has 0 saturated heterocycles. The maximum Gasteiger partial charge on any atom is 0.294 e. The Morgan fingerprint density at radius 3 is 1.40 bits per heavy atom. The quantitative estimate of drug-likeness (QED) is 0.171. The summed E-state index contributed by atoms with van der Waals surface area (Å²) < 4.78 is 135. The second-order valence-corrected chi connectivity index (χ2v) is 15.7. The summed E-state index contributed by atoms with van der Waals surface area (Å²) in [6, 6.07) is 17.7. The topological polar surface area (TPSA) is 221 Å². The van der Waals surface area contributed by atoms with Crippen LogP contribution in [0.5, 0.6) is 0 Å². The zero-order chi connectivity index (χ0) is 33.5. The lowest BCUT2D eigenvalue weighted by Crippen LogP contribution is -2.25. The van der Waals surface area contributed by atoms with Crippen molar-refractivity contribution in [2.45, 2.75) is 46.5 Å². The average molecular weight is 698 g/mol. The van der Waals surface area contributed by atoms with Crippen molar-refractivity contribution < 1.29 is 51.9 Å². The predicted molar refractivity (Wildman–Crippen MR) is 163 cm³/mol. The monoisotopic (exact) mass is 697 g/mol. The molecule has 0 fully saturated rings. The summed E-state index contributed by atoms with van der Waals surface area (Å²) in [6.07, 6.45) is 0. The van der Waals surface area contributed by atoms with Crippen LogP contribution >= 0.6 is 0 Å². The van der Waals surface area contributed by atoms with Crippen LogP contribution in [0.1, 0.15) is 22.3 Å². The van der Waals surface area contributed by atoms with Gasteiger partial charge in [0.1, 0.15) is 9.79 Å². The molecule has 0 atom stereocenters. The van der Waals surface area contributed by atoms with Crippen LogP contribution in [0.4, 0.5) is 5.69 Å². The van der Waals surface area contributed by atoms with Crippen LogP contribution < -0.4 is 4.90 Å². The molecule has 0 aliphatic heterocycles. The van der Waals surface area contributed by atoms with Crippen molar-refractivity contribution >= 4 is 46.2 Å². The fourth-order valence-corrected chi connectivity index (χ4v) is 7.54. The van der Waals surface area contributed by atoms with Gasteiger partial charge in [0.05, 0.1) is 9.79 Å². The van der Waals surface area contributed by atoms with E-state index < -0.39 is 73.1 Å². The van der Waals surface area contributed by atoms with Crippen molar-refractivity contribution in [1.82, 2.24) is 0 Å². The van der Waals surface area contributed by atoms with Crippen LogP contribution in [-0.2, 0) is 53.6 Å². The van der Waals surface area contributed by atoms with E-state index in [4.69, 9.17) is 0 Å². The number of rotatable bonds is 10. The van der Waals surface area contributed by atoms with E-state index in [2.05, 4.69) is 0 Å². The third kappa shape index (κ3) is 7.77. The molecule has 4 aromatic rings. The van der Waals surface area contributed by atoms with Crippen LogP contribution in [0, 0.1) is 13.8 Å². The summed E-state index contributed by atoms with van der Waals surface area (Å²) in [5, 5.41) is 0. The molecular weight excluding hydrogens is 671 g/mol. The van der Waals surface area contributed by atoms with Crippen molar-refractivity contribution in [1.29, 1.82) is 0 Å². The van der Waals surface area contributed by atoms with Crippen molar-refractivity contribution in [2.75, 3.05) is 4.90 Å². The number of anilines is 1. The van der Waals surface area contributed by atoms with Gasteiger partial charge in [-0.05, 0) is 77.6 Å². The zero-order valence-corrected chi connectivity index (χ0v) is 26.8. The third-order valence-corrected chi connectivity index (χ3v) is 10.6. The summed E-state index contributed by atoms with van der Waals surface area (Å²) in [5.41, 5.74) is 3.26. The Hall–Kier alpha value is -3.68. The van der Waals surface area contributed by atoms with E-state index in [1.54, 1.807) is 19.1 Å². The first-order valence-electron chi connectivity index (χ1n) is 12.7. The number of benzene rings is 4. The molecule has 0 unspecified atom stereocenters. The second kappa shape index (κ2) is 12.3. The predicted octanol–water partition coefficient (Wildman–Crippen LogP) is 4.16. The normalized spacial score (nSPS) is 12.7. The molecule has 0 saturated carbocycles. The zero-order valence-electron chi connectivity index (χ0n) is 23.6. The fraction of sp³-hybridized carbons (Fsp3) is 0.143. The van der Waals surface area contributed by atoms with Crippen molar-refractivity contribution in [3.63, 3.8) is 0 Å². The van der Waals surface area contributed by atoms with Gasteiger partial charge in [0.15, 0.2) is 0 Å². The summed E-state index contributed by atoms with van der Waals surface area (Å²) in [7, 11) is -19.9. The molecule has 0 aromatic heterocycles. The lowest BCUT2D eigenvalue weighted by atomic mass is 9.95. The molecule has 0 aliphatic rings. The largest absolute Gasteiger partial charge is 0.363 e. The Labute approximate surface area is 260 Å². The molecule has 4 aromatic carbocycles. The van der Waals surface area contributed by atoms with E-state index in [-0.39, 0.29) is 11.1 Å². The standard InChI is InChI=1S/C28H27NO12S4/c1-18-6-3-4-7-24(18)25-8-5-9-26(19(25)2)29(16-20-10-12-22(42(30,31)32)14-27(20)44(36,37)38)17-21-11-13-23(43(33,34)35)15-28(21)45(39,40)41/h3-15H,16-17H2,1-2H3,(H,30,31,32)(H,33,34,35)(H,36,37,38)(H,39,40,41). The van der Waals surface area contributed by atoms with Gasteiger partial charge >= 0.3 is 0 Å². The highest BCUT2D eigenvalue weighted by molar-refractivity contribution is 7.87. The van der Waals surface area contributed by atoms with Gasteiger partial charge in [-0.1, -0.05) is 48.5 Å². The molecule has 240 valence electrons. The maximum atomic E-state index is 12.3. The lowest BCUT2D eigenvalue weighted by molar-refractivity contribution is 0.476. The van der Waals surface area contributed by atoms with Gasteiger partial charge in [0.2, 0.25) is 0 Å². The minimum absolute atomic E-state index is 0.159. The summed E-state index contributed by atoms with van der Waals surface area (Å²) in [6.45, 7) is 2.82. The average Bonchev–Trinajstić information content (AvgIpc) is 2.91. The molecule has 0 aliphatic carbocycles. The maximum absolute atomic E-state index is 12.3. The van der Waals surface area contributed by atoms with Crippen molar-refractivity contribution in [3.05, 3.63) is 101 Å². The Kier molecular flexibility index (Phi) is 9.31. The molecule has 0 bridgehead atoms. The Morgan fingerprint density at radius 1 is 0.533 bits per heavy atom. The van der Waals surface area contributed by atoms with Crippen LogP contribution in [0.15, 0.2) is 98.4 Å². The van der Waals surface area contributed by atoms with Gasteiger partial charge in [0, 0.05) is 18.8 Å². The highest BCUT2D eigenvalue weighted by Crippen LogP contribution is 2.35. The Morgan fingerprint density at radius 2 is 0.978 bits per heavy atom. The molecular formula is C28H27NO12S4. The molecule has 17 heteroatoms.